The van der Waals surface area contributed by atoms with Gasteiger partial charge in [-0.05, 0) is 91.5 Å². The molecular formula is C27H60O5Si3. The summed E-state index contributed by atoms with van der Waals surface area (Å²) in [5, 5.41) is 0. The van der Waals surface area contributed by atoms with E-state index in [-0.39, 0.29) is 18.2 Å². The summed E-state index contributed by atoms with van der Waals surface area (Å²) in [5.41, 5.74) is 0. The number of esters is 1. The Hall–Kier alpha value is 0.000649. The third-order valence-corrected chi connectivity index (χ3v) is 8.80. The Bertz CT molecular complexity index is 552. The highest BCUT2D eigenvalue weighted by Gasteiger charge is 2.31. The SMILES string of the molecule is COC(=O)CCCCC(O[Si](C)(C)C)C(CCCCCCCCC(C)O[Si](C)(C)C)O[Si](C)(C)C. The molecule has 0 aromatic carbocycles. The summed E-state index contributed by atoms with van der Waals surface area (Å²) >= 11 is 0. The first-order chi connectivity index (χ1) is 16.0. The second-order valence-corrected chi connectivity index (χ2v) is 26.5. The summed E-state index contributed by atoms with van der Waals surface area (Å²) in [7, 11) is -3.35. The van der Waals surface area contributed by atoms with E-state index in [2.05, 4.69) is 65.8 Å². The molecular weight excluding hydrogens is 489 g/mol. The van der Waals surface area contributed by atoms with Gasteiger partial charge in [-0.2, -0.15) is 0 Å². The second-order valence-electron chi connectivity index (χ2n) is 13.1. The van der Waals surface area contributed by atoms with Gasteiger partial charge >= 0.3 is 5.97 Å². The van der Waals surface area contributed by atoms with Crippen molar-refractivity contribution in [2.45, 2.75) is 161 Å². The lowest BCUT2D eigenvalue weighted by atomic mass is 10.00. The fraction of sp³-hybridized carbons (Fsp3) is 0.963. The van der Waals surface area contributed by atoms with Gasteiger partial charge in [0.2, 0.25) is 0 Å². The van der Waals surface area contributed by atoms with Crippen LogP contribution in [-0.4, -0.2) is 56.3 Å². The predicted octanol–water partition coefficient (Wildman–Crippen LogP) is 8.52. The molecule has 0 rings (SSSR count). The number of unbranched alkanes of at least 4 members (excludes halogenated alkanes) is 6. The molecule has 0 aliphatic rings. The minimum absolute atomic E-state index is 0.124. The van der Waals surface area contributed by atoms with Crippen LogP contribution in [0, 0.1) is 0 Å². The molecule has 0 radical (unpaired) electrons. The lowest BCUT2D eigenvalue weighted by molar-refractivity contribution is -0.140. The molecule has 3 unspecified atom stereocenters. The van der Waals surface area contributed by atoms with Gasteiger partial charge < -0.3 is 18.0 Å². The van der Waals surface area contributed by atoms with Gasteiger partial charge in [0.1, 0.15) is 0 Å². The molecule has 0 fully saturated rings. The topological polar surface area (TPSA) is 54.0 Å². The van der Waals surface area contributed by atoms with E-state index < -0.39 is 25.0 Å². The Labute approximate surface area is 221 Å². The Balaban J connectivity index is 4.61. The molecule has 0 spiro atoms. The zero-order chi connectivity index (χ0) is 27.1. The van der Waals surface area contributed by atoms with E-state index in [0.717, 1.165) is 25.7 Å². The van der Waals surface area contributed by atoms with Crippen molar-refractivity contribution >= 4 is 30.9 Å². The molecule has 0 saturated heterocycles. The zero-order valence-electron chi connectivity index (χ0n) is 25.3. The van der Waals surface area contributed by atoms with Crippen LogP contribution in [0.5, 0.6) is 0 Å². The average Bonchev–Trinajstić information content (AvgIpc) is 2.68. The molecule has 0 aliphatic heterocycles. The molecule has 3 atom stereocenters. The van der Waals surface area contributed by atoms with E-state index in [4.69, 9.17) is 18.0 Å². The molecule has 8 heteroatoms. The van der Waals surface area contributed by atoms with Gasteiger partial charge in [0.15, 0.2) is 25.0 Å². The number of hydrogen-bond donors (Lipinski definition) is 0. The van der Waals surface area contributed by atoms with Gasteiger partial charge in [0.25, 0.3) is 0 Å². The summed E-state index contributed by atoms with van der Waals surface area (Å²) in [5.74, 6) is -0.124. The quantitative estimate of drug-likeness (QED) is 0.0817. The van der Waals surface area contributed by atoms with E-state index in [9.17, 15) is 4.79 Å². The third kappa shape index (κ3) is 22.9. The lowest BCUT2D eigenvalue weighted by Crippen LogP contribution is -2.44. The van der Waals surface area contributed by atoms with Crippen LogP contribution in [0.3, 0.4) is 0 Å². The summed E-state index contributed by atoms with van der Waals surface area (Å²) in [6, 6.07) is 0. The monoisotopic (exact) mass is 548 g/mol. The molecule has 0 saturated carbocycles. The molecule has 0 N–H and O–H groups in total. The van der Waals surface area contributed by atoms with E-state index in [0.29, 0.717) is 12.5 Å². The Morgan fingerprint density at radius 3 is 1.34 bits per heavy atom. The summed E-state index contributed by atoms with van der Waals surface area (Å²) in [6.07, 6.45) is 13.8. The van der Waals surface area contributed by atoms with Gasteiger partial charge in [-0.3, -0.25) is 4.79 Å². The van der Waals surface area contributed by atoms with Crippen molar-refractivity contribution < 1.29 is 22.8 Å². The van der Waals surface area contributed by atoms with Crippen LogP contribution < -0.4 is 0 Å². The van der Waals surface area contributed by atoms with E-state index in [1.807, 2.05) is 0 Å². The van der Waals surface area contributed by atoms with Crippen LogP contribution in [0.4, 0.5) is 0 Å². The maximum atomic E-state index is 11.5. The van der Waals surface area contributed by atoms with Gasteiger partial charge in [-0.25, -0.2) is 0 Å². The molecule has 35 heavy (non-hydrogen) atoms. The summed E-state index contributed by atoms with van der Waals surface area (Å²) in [6.45, 7) is 22.6. The smallest absolute Gasteiger partial charge is 0.305 e. The maximum Gasteiger partial charge on any atom is 0.305 e. The van der Waals surface area contributed by atoms with Gasteiger partial charge in [-0.1, -0.05) is 44.9 Å². The zero-order valence-corrected chi connectivity index (χ0v) is 28.3. The van der Waals surface area contributed by atoms with Crippen LogP contribution >= 0.6 is 0 Å². The van der Waals surface area contributed by atoms with Crippen molar-refractivity contribution in [3.63, 3.8) is 0 Å². The summed E-state index contributed by atoms with van der Waals surface area (Å²) in [4.78, 5) is 11.5. The standard InChI is InChI=1S/C27H60O5Si3/c1-24(30-33(3,4)5)20-16-14-12-13-15-17-21-25(31-34(6,7)8)26(32-35(9,10)11)22-18-19-23-27(28)29-2/h24-26H,12-23H2,1-11H3. The lowest BCUT2D eigenvalue weighted by Gasteiger charge is -2.36. The molecule has 0 amide bonds. The number of rotatable bonds is 21. The number of carbonyl (C=O) groups is 1. The third-order valence-electron chi connectivity index (χ3n) is 5.68. The number of hydrogen-bond acceptors (Lipinski definition) is 5. The van der Waals surface area contributed by atoms with Crippen molar-refractivity contribution in [1.82, 2.24) is 0 Å². The van der Waals surface area contributed by atoms with Crippen molar-refractivity contribution in [3.8, 4) is 0 Å². The highest BCUT2D eigenvalue weighted by molar-refractivity contribution is 6.70. The first kappa shape index (κ1) is 35.0. The van der Waals surface area contributed by atoms with E-state index in [1.54, 1.807) is 0 Å². The average molecular weight is 549 g/mol. The molecule has 210 valence electrons. The minimum Gasteiger partial charge on any atom is -0.469 e. The van der Waals surface area contributed by atoms with E-state index >= 15 is 0 Å². The Kier molecular flexibility index (Phi) is 17.5. The van der Waals surface area contributed by atoms with Gasteiger partial charge in [0.05, 0.1) is 19.3 Å². The molecule has 0 aromatic heterocycles. The normalized spacial score (nSPS) is 15.6. The Morgan fingerprint density at radius 1 is 0.571 bits per heavy atom. The van der Waals surface area contributed by atoms with Crippen LogP contribution in [0.25, 0.3) is 0 Å². The Morgan fingerprint density at radius 2 is 0.943 bits per heavy atom. The summed E-state index contributed by atoms with van der Waals surface area (Å²) < 4.78 is 24.3. The van der Waals surface area contributed by atoms with Crippen molar-refractivity contribution in [2.24, 2.45) is 0 Å². The van der Waals surface area contributed by atoms with Gasteiger partial charge in [-0.15, -0.1) is 0 Å². The molecule has 0 heterocycles. The van der Waals surface area contributed by atoms with Crippen molar-refractivity contribution in [3.05, 3.63) is 0 Å². The van der Waals surface area contributed by atoms with Crippen LogP contribution in [0.2, 0.25) is 58.9 Å². The maximum absolute atomic E-state index is 11.5. The predicted molar refractivity (Wildman–Crippen MR) is 158 cm³/mol. The second kappa shape index (κ2) is 17.5. The fourth-order valence-corrected chi connectivity index (χ4v) is 8.09. The number of ether oxygens (including phenoxy) is 1. The van der Waals surface area contributed by atoms with Crippen LogP contribution in [0.1, 0.15) is 84.0 Å². The van der Waals surface area contributed by atoms with Crippen LogP contribution in [0.15, 0.2) is 0 Å². The first-order valence-corrected chi connectivity index (χ1v) is 24.3. The molecule has 0 bridgehead atoms. The first-order valence-electron chi connectivity index (χ1n) is 14.1. The number of methoxy groups -OCH3 is 1. The van der Waals surface area contributed by atoms with Gasteiger partial charge in [0, 0.05) is 12.5 Å². The van der Waals surface area contributed by atoms with E-state index in [1.165, 1.54) is 52.1 Å². The van der Waals surface area contributed by atoms with Crippen LogP contribution in [-0.2, 0) is 22.8 Å². The molecule has 0 aromatic rings. The molecule has 0 aliphatic carbocycles. The minimum atomic E-state index is -1.71. The largest absolute Gasteiger partial charge is 0.469 e. The van der Waals surface area contributed by atoms with Crippen molar-refractivity contribution in [2.75, 3.05) is 7.11 Å². The highest BCUT2D eigenvalue weighted by atomic mass is 28.4. The fourth-order valence-electron chi connectivity index (χ4n) is 4.41. The number of carbonyl (C=O) groups excluding carboxylic acids is 1. The van der Waals surface area contributed by atoms with Crippen molar-refractivity contribution in [1.29, 1.82) is 0 Å². The highest BCUT2D eigenvalue weighted by Crippen LogP contribution is 2.25. The molecule has 5 nitrogen and oxygen atoms in total.